The van der Waals surface area contributed by atoms with Gasteiger partial charge >= 0.3 is 0 Å². The molecule has 134 valence electrons. The molecule has 0 aliphatic carbocycles. The van der Waals surface area contributed by atoms with Crippen molar-refractivity contribution in [2.75, 3.05) is 13.6 Å². The average molecular weight is 345 g/mol. The molecule has 1 aromatic heterocycles. The Morgan fingerprint density at radius 2 is 2.04 bits per heavy atom. The molecule has 1 aliphatic heterocycles. The molecule has 1 aromatic carbocycles. The number of amides is 2. The number of aromatic nitrogens is 3. The molecule has 2 N–H and O–H groups in total. The van der Waals surface area contributed by atoms with Gasteiger partial charge in [-0.15, -0.1) is 5.10 Å². The molecule has 3 atom stereocenters. The zero-order valence-electron chi connectivity index (χ0n) is 14.6. The number of likely N-dealkylation sites (tertiary alicyclic amines) is 1. The van der Waals surface area contributed by atoms with Crippen LogP contribution in [0.5, 0.6) is 0 Å². The molecule has 0 bridgehead atoms. The summed E-state index contributed by atoms with van der Waals surface area (Å²) in [7, 11) is 1.53. The van der Waals surface area contributed by atoms with Crippen molar-refractivity contribution in [1.29, 1.82) is 0 Å². The number of hydrogen-bond donors (Lipinski definition) is 2. The third-order valence-corrected chi connectivity index (χ3v) is 4.64. The van der Waals surface area contributed by atoms with Gasteiger partial charge in [0.05, 0.1) is 11.6 Å². The van der Waals surface area contributed by atoms with Gasteiger partial charge in [0.1, 0.15) is 17.6 Å². The van der Waals surface area contributed by atoms with E-state index in [-0.39, 0.29) is 30.7 Å². The summed E-state index contributed by atoms with van der Waals surface area (Å²) < 4.78 is 1.62. The predicted molar refractivity (Wildman–Crippen MR) is 91.6 cm³/mol. The molecule has 1 fully saturated rings. The van der Waals surface area contributed by atoms with Crippen molar-refractivity contribution in [2.45, 2.75) is 38.5 Å². The standard InChI is InChI=1S/C17H23N5O3/c1-10(2)15(22-13-7-5-4-6-12(13)19-20-22)17(25)21-9-11(23)8-14(21)16(24)18-3/h4-7,10-11,14-15,23H,8-9H2,1-3H3,(H,18,24)/t11-,14+,15+/m1/s1. The summed E-state index contributed by atoms with van der Waals surface area (Å²) in [6.07, 6.45) is -0.458. The summed E-state index contributed by atoms with van der Waals surface area (Å²) in [5, 5.41) is 20.8. The quantitative estimate of drug-likeness (QED) is 0.832. The van der Waals surface area contributed by atoms with E-state index in [1.807, 2.05) is 38.1 Å². The molecule has 8 nitrogen and oxygen atoms in total. The number of aliphatic hydroxyl groups is 1. The molecular formula is C17H23N5O3. The summed E-state index contributed by atoms with van der Waals surface area (Å²) in [6.45, 7) is 4.01. The van der Waals surface area contributed by atoms with E-state index in [4.69, 9.17) is 0 Å². The first-order chi connectivity index (χ1) is 11.9. The van der Waals surface area contributed by atoms with Crippen molar-refractivity contribution in [3.8, 4) is 0 Å². The molecule has 2 aromatic rings. The number of benzene rings is 1. The van der Waals surface area contributed by atoms with E-state index in [0.29, 0.717) is 5.52 Å². The second kappa shape index (κ2) is 6.79. The Morgan fingerprint density at radius 3 is 2.72 bits per heavy atom. The lowest BCUT2D eigenvalue weighted by molar-refractivity contribution is -0.142. The molecule has 3 rings (SSSR count). The number of likely N-dealkylation sites (N-methyl/N-ethyl adjacent to an activating group) is 1. The smallest absolute Gasteiger partial charge is 0.248 e. The van der Waals surface area contributed by atoms with E-state index in [2.05, 4.69) is 15.6 Å². The van der Waals surface area contributed by atoms with Crippen molar-refractivity contribution < 1.29 is 14.7 Å². The molecule has 8 heteroatoms. The molecule has 1 saturated heterocycles. The number of hydrogen-bond acceptors (Lipinski definition) is 5. The lowest BCUT2D eigenvalue weighted by Gasteiger charge is -2.29. The van der Waals surface area contributed by atoms with Crippen LogP contribution in [0, 0.1) is 5.92 Å². The van der Waals surface area contributed by atoms with E-state index in [9.17, 15) is 14.7 Å². The number of nitrogens with zero attached hydrogens (tertiary/aromatic N) is 4. The van der Waals surface area contributed by atoms with Crippen LogP contribution < -0.4 is 5.32 Å². The fourth-order valence-corrected chi connectivity index (χ4v) is 3.41. The lowest BCUT2D eigenvalue weighted by Crippen LogP contribution is -2.48. The highest BCUT2D eigenvalue weighted by molar-refractivity contribution is 5.90. The maximum atomic E-state index is 13.3. The molecule has 0 spiro atoms. The summed E-state index contributed by atoms with van der Waals surface area (Å²) in [5.41, 5.74) is 1.48. The number of β-amino-alcohol motifs (C(OH)–C–C–N with tert-alkyl or cyclic N) is 1. The number of fused-ring (bicyclic) bond motifs is 1. The summed E-state index contributed by atoms with van der Waals surface area (Å²) in [6, 6.07) is 6.19. The number of carbonyl (C=O) groups excluding carboxylic acids is 2. The highest BCUT2D eigenvalue weighted by atomic mass is 16.3. The minimum Gasteiger partial charge on any atom is -0.391 e. The molecule has 2 heterocycles. The van der Waals surface area contributed by atoms with Crippen LogP contribution in [0.4, 0.5) is 0 Å². The van der Waals surface area contributed by atoms with Crippen LogP contribution in [0.15, 0.2) is 24.3 Å². The molecule has 0 saturated carbocycles. The van der Waals surface area contributed by atoms with Gasteiger partial charge in [0.25, 0.3) is 0 Å². The topological polar surface area (TPSA) is 100 Å². The van der Waals surface area contributed by atoms with Crippen LogP contribution in [0.2, 0.25) is 0 Å². The Bertz CT molecular complexity index is 787. The van der Waals surface area contributed by atoms with E-state index < -0.39 is 18.2 Å². The SMILES string of the molecule is CNC(=O)[C@@H]1C[C@@H](O)CN1C(=O)[C@H](C(C)C)n1nnc2ccccc21. The van der Waals surface area contributed by atoms with E-state index in [1.165, 1.54) is 11.9 Å². The van der Waals surface area contributed by atoms with Gasteiger partial charge in [-0.3, -0.25) is 9.59 Å². The first-order valence-electron chi connectivity index (χ1n) is 8.44. The van der Waals surface area contributed by atoms with Gasteiger partial charge in [0.2, 0.25) is 11.8 Å². The van der Waals surface area contributed by atoms with Gasteiger partial charge < -0.3 is 15.3 Å². The van der Waals surface area contributed by atoms with Gasteiger partial charge in [-0.05, 0) is 18.1 Å². The van der Waals surface area contributed by atoms with Crippen LogP contribution in [-0.4, -0.2) is 62.6 Å². The van der Waals surface area contributed by atoms with Crippen LogP contribution in [0.3, 0.4) is 0 Å². The maximum Gasteiger partial charge on any atom is 0.248 e. The van der Waals surface area contributed by atoms with E-state index >= 15 is 0 Å². The van der Waals surface area contributed by atoms with Crippen molar-refractivity contribution in [3.63, 3.8) is 0 Å². The van der Waals surface area contributed by atoms with Crippen molar-refractivity contribution >= 4 is 22.8 Å². The van der Waals surface area contributed by atoms with E-state index in [1.54, 1.807) is 4.68 Å². The third-order valence-electron chi connectivity index (χ3n) is 4.64. The summed E-state index contributed by atoms with van der Waals surface area (Å²) >= 11 is 0. The van der Waals surface area contributed by atoms with Gasteiger partial charge in [0.15, 0.2) is 0 Å². The predicted octanol–water partition coefficient (Wildman–Crippen LogP) is 0.336. The van der Waals surface area contributed by atoms with Crippen LogP contribution in [0.1, 0.15) is 26.3 Å². The summed E-state index contributed by atoms with van der Waals surface area (Å²) in [4.78, 5) is 26.8. The first-order valence-corrected chi connectivity index (χ1v) is 8.44. The average Bonchev–Trinajstić information content (AvgIpc) is 3.18. The van der Waals surface area contributed by atoms with Crippen molar-refractivity contribution in [2.24, 2.45) is 5.92 Å². The monoisotopic (exact) mass is 345 g/mol. The minimum atomic E-state index is -0.702. The Labute approximate surface area is 145 Å². The number of rotatable bonds is 4. The molecular weight excluding hydrogens is 322 g/mol. The first kappa shape index (κ1) is 17.3. The second-order valence-electron chi connectivity index (χ2n) is 6.72. The molecule has 25 heavy (non-hydrogen) atoms. The van der Waals surface area contributed by atoms with E-state index in [0.717, 1.165) is 5.52 Å². The zero-order valence-corrected chi connectivity index (χ0v) is 14.6. The number of aliphatic hydroxyl groups excluding tert-OH is 1. The number of nitrogens with one attached hydrogen (secondary N) is 1. The molecule has 0 radical (unpaired) electrons. The zero-order chi connectivity index (χ0) is 18.1. The normalized spacial score (nSPS) is 21.7. The number of carbonyl (C=O) groups is 2. The summed E-state index contributed by atoms with van der Waals surface area (Å²) in [5.74, 6) is -0.549. The highest BCUT2D eigenvalue weighted by Crippen LogP contribution is 2.28. The number of para-hydroxylation sites is 1. The Balaban J connectivity index is 1.98. The molecule has 1 aliphatic rings. The van der Waals surface area contributed by atoms with Gasteiger partial charge in [0, 0.05) is 20.0 Å². The fraction of sp³-hybridized carbons (Fsp3) is 0.529. The van der Waals surface area contributed by atoms with Crippen LogP contribution in [-0.2, 0) is 9.59 Å². The highest BCUT2D eigenvalue weighted by Gasteiger charge is 2.42. The van der Waals surface area contributed by atoms with Crippen molar-refractivity contribution in [3.05, 3.63) is 24.3 Å². The Morgan fingerprint density at radius 1 is 1.32 bits per heavy atom. The largest absolute Gasteiger partial charge is 0.391 e. The molecule has 0 unspecified atom stereocenters. The van der Waals surface area contributed by atoms with Crippen LogP contribution in [0.25, 0.3) is 11.0 Å². The fourth-order valence-electron chi connectivity index (χ4n) is 3.41. The van der Waals surface area contributed by atoms with Gasteiger partial charge in [-0.25, -0.2) is 4.68 Å². The Kier molecular flexibility index (Phi) is 4.71. The molecule has 2 amide bonds. The maximum absolute atomic E-state index is 13.3. The van der Waals surface area contributed by atoms with Gasteiger partial charge in [-0.1, -0.05) is 31.2 Å². The van der Waals surface area contributed by atoms with Crippen molar-refractivity contribution in [1.82, 2.24) is 25.2 Å². The van der Waals surface area contributed by atoms with Gasteiger partial charge in [-0.2, -0.15) is 0 Å². The minimum absolute atomic E-state index is 0.0549. The lowest BCUT2D eigenvalue weighted by atomic mass is 10.0. The van der Waals surface area contributed by atoms with Crippen LogP contribution >= 0.6 is 0 Å². The third kappa shape index (κ3) is 3.09. The Hall–Kier alpha value is -2.48. The second-order valence-corrected chi connectivity index (χ2v) is 6.72.